The maximum Gasteiger partial charge on any atom is 0.335 e. The SMILES string of the molecule is O=C(Cc1cccc(C(=O)O)c1)NC1CC2(CCOC2)Oc2ccccc21. The lowest BCUT2D eigenvalue weighted by Gasteiger charge is -2.39. The summed E-state index contributed by atoms with van der Waals surface area (Å²) in [7, 11) is 0. The summed E-state index contributed by atoms with van der Waals surface area (Å²) in [6.45, 7) is 1.18. The van der Waals surface area contributed by atoms with E-state index in [9.17, 15) is 9.59 Å². The lowest BCUT2D eigenvalue weighted by atomic mass is 9.86. The van der Waals surface area contributed by atoms with Gasteiger partial charge in [0, 0.05) is 18.4 Å². The average molecular weight is 367 g/mol. The molecule has 0 saturated carbocycles. The molecule has 2 atom stereocenters. The summed E-state index contributed by atoms with van der Waals surface area (Å²) < 4.78 is 11.8. The van der Waals surface area contributed by atoms with Crippen LogP contribution in [0.15, 0.2) is 48.5 Å². The molecule has 2 aliphatic rings. The van der Waals surface area contributed by atoms with Gasteiger partial charge in [0.15, 0.2) is 0 Å². The largest absolute Gasteiger partial charge is 0.484 e. The van der Waals surface area contributed by atoms with E-state index in [2.05, 4.69) is 5.32 Å². The third-order valence-electron chi connectivity index (χ3n) is 5.14. The monoisotopic (exact) mass is 367 g/mol. The molecule has 0 aromatic heterocycles. The molecule has 1 fully saturated rings. The van der Waals surface area contributed by atoms with Crippen molar-refractivity contribution in [1.82, 2.24) is 5.32 Å². The van der Waals surface area contributed by atoms with Crippen molar-refractivity contribution in [1.29, 1.82) is 0 Å². The number of ether oxygens (including phenoxy) is 2. The highest BCUT2D eigenvalue weighted by Gasteiger charge is 2.44. The number of carbonyl (C=O) groups excluding carboxylic acids is 1. The number of carbonyl (C=O) groups is 2. The summed E-state index contributed by atoms with van der Waals surface area (Å²) in [5.74, 6) is -0.362. The number of hydrogen-bond acceptors (Lipinski definition) is 4. The summed E-state index contributed by atoms with van der Waals surface area (Å²) in [4.78, 5) is 23.8. The molecule has 140 valence electrons. The topological polar surface area (TPSA) is 84.9 Å². The van der Waals surface area contributed by atoms with Gasteiger partial charge in [-0.15, -0.1) is 0 Å². The maximum atomic E-state index is 12.6. The molecule has 1 spiro atoms. The number of hydrogen-bond donors (Lipinski definition) is 2. The van der Waals surface area contributed by atoms with Crippen molar-refractivity contribution < 1.29 is 24.2 Å². The number of benzene rings is 2. The Bertz CT molecular complexity index is 872. The number of rotatable bonds is 4. The molecular formula is C21H21NO5. The fraction of sp³-hybridized carbons (Fsp3) is 0.333. The molecule has 0 bridgehead atoms. The van der Waals surface area contributed by atoms with Gasteiger partial charge in [0.1, 0.15) is 11.4 Å². The number of carboxylic acids is 1. The Balaban J connectivity index is 1.51. The van der Waals surface area contributed by atoms with E-state index in [1.54, 1.807) is 12.1 Å². The molecule has 2 aliphatic heterocycles. The van der Waals surface area contributed by atoms with Crippen molar-refractivity contribution in [3.63, 3.8) is 0 Å². The molecule has 6 heteroatoms. The van der Waals surface area contributed by atoms with Crippen molar-refractivity contribution in [3.8, 4) is 5.75 Å². The highest BCUT2D eigenvalue weighted by atomic mass is 16.6. The molecule has 2 unspecified atom stereocenters. The number of nitrogens with one attached hydrogen (secondary N) is 1. The molecule has 0 aliphatic carbocycles. The Morgan fingerprint density at radius 2 is 2.04 bits per heavy atom. The van der Waals surface area contributed by atoms with Gasteiger partial charge in [0.2, 0.25) is 5.91 Å². The van der Waals surface area contributed by atoms with E-state index in [0.29, 0.717) is 25.2 Å². The van der Waals surface area contributed by atoms with Crippen LogP contribution in [0.3, 0.4) is 0 Å². The molecule has 1 saturated heterocycles. The van der Waals surface area contributed by atoms with Gasteiger partial charge < -0.3 is 19.9 Å². The highest BCUT2D eigenvalue weighted by molar-refractivity contribution is 5.88. The maximum absolute atomic E-state index is 12.6. The van der Waals surface area contributed by atoms with Gasteiger partial charge >= 0.3 is 5.97 Å². The van der Waals surface area contributed by atoms with Crippen LogP contribution >= 0.6 is 0 Å². The minimum Gasteiger partial charge on any atom is -0.484 e. The van der Waals surface area contributed by atoms with Crippen LogP contribution in [0.25, 0.3) is 0 Å². The minimum atomic E-state index is -1.00. The number of carboxylic acid groups (broad SMARTS) is 1. The fourth-order valence-corrected chi connectivity index (χ4v) is 3.82. The van der Waals surface area contributed by atoms with Crippen LogP contribution in [0.1, 0.15) is 40.4 Å². The first-order valence-corrected chi connectivity index (χ1v) is 9.02. The molecule has 6 nitrogen and oxygen atoms in total. The average Bonchev–Trinajstić information content (AvgIpc) is 3.09. The van der Waals surface area contributed by atoms with Crippen LogP contribution in [0, 0.1) is 0 Å². The smallest absolute Gasteiger partial charge is 0.335 e. The van der Waals surface area contributed by atoms with Crippen LogP contribution in [0.5, 0.6) is 5.75 Å². The number of para-hydroxylation sites is 1. The molecule has 4 rings (SSSR count). The second kappa shape index (κ2) is 7.04. The second-order valence-electron chi connectivity index (χ2n) is 7.13. The summed E-state index contributed by atoms with van der Waals surface area (Å²) in [5, 5.41) is 12.2. The van der Waals surface area contributed by atoms with Gasteiger partial charge in [0.05, 0.1) is 31.2 Å². The Labute approximate surface area is 157 Å². The molecule has 27 heavy (non-hydrogen) atoms. The first-order chi connectivity index (χ1) is 13.0. The van der Waals surface area contributed by atoms with Crippen LogP contribution in [-0.4, -0.2) is 35.8 Å². The Hall–Kier alpha value is -2.86. The first-order valence-electron chi connectivity index (χ1n) is 9.02. The molecule has 2 aromatic rings. The molecule has 2 N–H and O–H groups in total. The molecule has 2 heterocycles. The van der Waals surface area contributed by atoms with Crippen LogP contribution < -0.4 is 10.1 Å². The van der Waals surface area contributed by atoms with E-state index in [0.717, 1.165) is 17.7 Å². The predicted molar refractivity (Wildman–Crippen MR) is 97.8 cm³/mol. The zero-order chi connectivity index (χ0) is 18.9. The Morgan fingerprint density at radius 3 is 2.81 bits per heavy atom. The van der Waals surface area contributed by atoms with Gasteiger partial charge in [0.25, 0.3) is 0 Å². The van der Waals surface area contributed by atoms with E-state index in [4.69, 9.17) is 14.6 Å². The minimum absolute atomic E-state index is 0.129. The Kier molecular flexibility index (Phi) is 4.58. The van der Waals surface area contributed by atoms with Crippen molar-refractivity contribution in [2.45, 2.75) is 30.9 Å². The van der Waals surface area contributed by atoms with Gasteiger partial charge in [-0.2, -0.15) is 0 Å². The quantitative estimate of drug-likeness (QED) is 0.868. The van der Waals surface area contributed by atoms with E-state index in [-0.39, 0.29) is 23.9 Å². The second-order valence-corrected chi connectivity index (χ2v) is 7.13. The highest BCUT2D eigenvalue weighted by Crippen LogP contribution is 2.43. The zero-order valence-corrected chi connectivity index (χ0v) is 14.8. The van der Waals surface area contributed by atoms with Gasteiger partial charge in [-0.05, 0) is 23.8 Å². The lowest BCUT2D eigenvalue weighted by molar-refractivity contribution is -0.121. The summed E-state index contributed by atoms with van der Waals surface area (Å²) in [6.07, 6.45) is 1.59. The van der Waals surface area contributed by atoms with E-state index < -0.39 is 11.6 Å². The van der Waals surface area contributed by atoms with Crippen molar-refractivity contribution in [2.75, 3.05) is 13.2 Å². The number of fused-ring (bicyclic) bond motifs is 1. The third kappa shape index (κ3) is 3.66. The van der Waals surface area contributed by atoms with Crippen molar-refractivity contribution >= 4 is 11.9 Å². The van der Waals surface area contributed by atoms with E-state index in [1.807, 2.05) is 24.3 Å². The summed E-state index contributed by atoms with van der Waals surface area (Å²) >= 11 is 0. The Morgan fingerprint density at radius 1 is 1.19 bits per heavy atom. The van der Waals surface area contributed by atoms with Crippen molar-refractivity contribution in [3.05, 3.63) is 65.2 Å². The fourth-order valence-electron chi connectivity index (χ4n) is 3.82. The first kappa shape index (κ1) is 17.5. The molecular weight excluding hydrogens is 346 g/mol. The predicted octanol–water partition coefficient (Wildman–Crippen LogP) is 2.73. The zero-order valence-electron chi connectivity index (χ0n) is 14.8. The van der Waals surface area contributed by atoms with E-state index in [1.165, 1.54) is 12.1 Å². The van der Waals surface area contributed by atoms with Crippen molar-refractivity contribution in [2.24, 2.45) is 0 Å². The number of amides is 1. The molecule has 0 radical (unpaired) electrons. The van der Waals surface area contributed by atoms with Crippen LogP contribution in [0.2, 0.25) is 0 Å². The van der Waals surface area contributed by atoms with E-state index >= 15 is 0 Å². The standard InChI is InChI=1S/C21H21NO5/c23-19(11-14-4-3-5-15(10-14)20(24)25)22-17-12-21(8-9-26-13-21)27-18-7-2-1-6-16(17)18/h1-7,10,17H,8-9,11-13H2,(H,22,23)(H,24,25). The molecule has 1 amide bonds. The van der Waals surface area contributed by atoms with Crippen LogP contribution in [0.4, 0.5) is 0 Å². The molecule has 2 aromatic carbocycles. The van der Waals surface area contributed by atoms with Gasteiger partial charge in [-0.25, -0.2) is 4.79 Å². The summed E-state index contributed by atoms with van der Waals surface area (Å²) in [6, 6.07) is 14.0. The summed E-state index contributed by atoms with van der Waals surface area (Å²) in [5.41, 5.74) is 1.42. The van der Waals surface area contributed by atoms with Gasteiger partial charge in [-0.1, -0.05) is 30.3 Å². The third-order valence-corrected chi connectivity index (χ3v) is 5.14. The van der Waals surface area contributed by atoms with Gasteiger partial charge in [-0.3, -0.25) is 4.79 Å². The van der Waals surface area contributed by atoms with Crippen LogP contribution in [-0.2, 0) is 16.0 Å². The number of aromatic carboxylic acids is 1. The normalized spacial score (nSPS) is 23.5. The lowest BCUT2D eigenvalue weighted by Crippen LogP contribution is -2.46.